The zero-order valence-electron chi connectivity index (χ0n) is 9.62. The highest BCUT2D eigenvalue weighted by molar-refractivity contribution is 5.24. The fraction of sp³-hybridized carbons (Fsp3) is 0.538. The third-order valence-electron chi connectivity index (χ3n) is 3.15. The number of benzene rings is 1. The van der Waals surface area contributed by atoms with E-state index >= 15 is 0 Å². The van der Waals surface area contributed by atoms with Gasteiger partial charge in [0, 0.05) is 18.7 Å². The number of rotatable bonds is 2. The minimum Gasteiger partial charge on any atom is -0.392 e. The molecule has 1 unspecified atom stereocenters. The molecule has 0 amide bonds. The van der Waals surface area contributed by atoms with Crippen molar-refractivity contribution in [3.05, 3.63) is 35.1 Å². The van der Waals surface area contributed by atoms with Crippen molar-refractivity contribution in [2.45, 2.75) is 32.4 Å². The highest BCUT2D eigenvalue weighted by atomic mass is 19.1. The number of aliphatic hydroxyl groups is 1. The standard InChI is InChI=1S/C13H18FNO/c1-10-4-2-5-11(13(10)14)8-15-7-3-6-12(16)9-15/h2,4-5,12,16H,3,6-9H2,1H3. The Hall–Kier alpha value is -0.930. The lowest BCUT2D eigenvalue weighted by atomic mass is 10.1. The Morgan fingerprint density at radius 2 is 2.31 bits per heavy atom. The van der Waals surface area contributed by atoms with Gasteiger partial charge in [-0.05, 0) is 31.9 Å². The van der Waals surface area contributed by atoms with Crippen molar-refractivity contribution in [1.82, 2.24) is 4.90 Å². The summed E-state index contributed by atoms with van der Waals surface area (Å²) in [6, 6.07) is 5.49. The molecule has 1 aliphatic heterocycles. The molecule has 0 aromatic heterocycles. The van der Waals surface area contributed by atoms with Gasteiger partial charge in [-0.1, -0.05) is 18.2 Å². The number of hydrogen-bond acceptors (Lipinski definition) is 2. The Balaban J connectivity index is 2.05. The molecular weight excluding hydrogens is 205 g/mol. The van der Waals surface area contributed by atoms with E-state index < -0.39 is 0 Å². The van der Waals surface area contributed by atoms with Crippen molar-refractivity contribution in [3.8, 4) is 0 Å². The van der Waals surface area contributed by atoms with Crippen LogP contribution in [-0.4, -0.2) is 29.2 Å². The van der Waals surface area contributed by atoms with Gasteiger partial charge >= 0.3 is 0 Å². The van der Waals surface area contributed by atoms with Crippen molar-refractivity contribution in [2.24, 2.45) is 0 Å². The first-order chi connectivity index (χ1) is 7.66. The second-order valence-electron chi connectivity index (χ2n) is 4.58. The molecule has 0 spiro atoms. The molecule has 1 aliphatic rings. The smallest absolute Gasteiger partial charge is 0.130 e. The topological polar surface area (TPSA) is 23.5 Å². The van der Waals surface area contributed by atoms with Crippen molar-refractivity contribution in [3.63, 3.8) is 0 Å². The quantitative estimate of drug-likeness (QED) is 0.830. The lowest BCUT2D eigenvalue weighted by molar-refractivity contribution is 0.0662. The second-order valence-corrected chi connectivity index (χ2v) is 4.58. The molecule has 0 saturated carbocycles. The Morgan fingerprint density at radius 3 is 3.06 bits per heavy atom. The van der Waals surface area contributed by atoms with Gasteiger partial charge in [-0.3, -0.25) is 4.90 Å². The van der Waals surface area contributed by atoms with Crippen LogP contribution in [0.3, 0.4) is 0 Å². The maximum absolute atomic E-state index is 13.8. The van der Waals surface area contributed by atoms with Crippen LogP contribution in [0.1, 0.15) is 24.0 Å². The summed E-state index contributed by atoms with van der Waals surface area (Å²) in [5, 5.41) is 9.55. The molecule has 0 aliphatic carbocycles. The predicted octanol–water partition coefficient (Wildman–Crippen LogP) is 2.09. The van der Waals surface area contributed by atoms with E-state index in [1.807, 2.05) is 12.1 Å². The van der Waals surface area contributed by atoms with Crippen LogP contribution in [0.25, 0.3) is 0 Å². The van der Waals surface area contributed by atoms with Crippen LogP contribution in [0.15, 0.2) is 18.2 Å². The third-order valence-corrected chi connectivity index (χ3v) is 3.15. The molecule has 16 heavy (non-hydrogen) atoms. The molecule has 1 heterocycles. The molecule has 2 nitrogen and oxygen atoms in total. The summed E-state index contributed by atoms with van der Waals surface area (Å²) >= 11 is 0. The van der Waals surface area contributed by atoms with Crippen LogP contribution < -0.4 is 0 Å². The van der Waals surface area contributed by atoms with Crippen molar-refractivity contribution in [1.29, 1.82) is 0 Å². The summed E-state index contributed by atoms with van der Waals surface area (Å²) < 4.78 is 13.8. The van der Waals surface area contributed by atoms with E-state index in [1.54, 1.807) is 13.0 Å². The van der Waals surface area contributed by atoms with Crippen LogP contribution >= 0.6 is 0 Å². The molecule has 1 aromatic carbocycles. The molecule has 1 atom stereocenters. The number of aryl methyl sites for hydroxylation is 1. The maximum atomic E-state index is 13.8. The van der Waals surface area contributed by atoms with Crippen molar-refractivity contribution >= 4 is 0 Å². The van der Waals surface area contributed by atoms with Crippen molar-refractivity contribution < 1.29 is 9.50 Å². The van der Waals surface area contributed by atoms with Gasteiger partial charge in [0.2, 0.25) is 0 Å². The van der Waals surface area contributed by atoms with Crippen LogP contribution in [-0.2, 0) is 6.54 Å². The van der Waals surface area contributed by atoms with E-state index in [1.165, 1.54) is 0 Å². The molecule has 1 saturated heterocycles. The lowest BCUT2D eigenvalue weighted by Crippen LogP contribution is -2.37. The summed E-state index contributed by atoms with van der Waals surface area (Å²) in [4.78, 5) is 2.12. The average Bonchev–Trinajstić information content (AvgIpc) is 2.25. The molecule has 3 heteroatoms. The summed E-state index contributed by atoms with van der Waals surface area (Å²) in [6.45, 7) is 3.99. The Bertz CT molecular complexity index is 367. The van der Waals surface area contributed by atoms with E-state index in [9.17, 15) is 9.50 Å². The molecule has 1 N–H and O–H groups in total. The van der Waals surface area contributed by atoms with Crippen LogP contribution in [0, 0.1) is 12.7 Å². The number of halogens is 1. The molecular formula is C13H18FNO. The van der Waals surface area contributed by atoms with Gasteiger partial charge in [-0.25, -0.2) is 4.39 Å². The monoisotopic (exact) mass is 223 g/mol. The summed E-state index contributed by atoms with van der Waals surface area (Å²) in [5.74, 6) is -0.109. The van der Waals surface area contributed by atoms with Gasteiger partial charge in [0.25, 0.3) is 0 Å². The van der Waals surface area contributed by atoms with Crippen LogP contribution in [0.4, 0.5) is 4.39 Å². The highest BCUT2D eigenvalue weighted by Crippen LogP contribution is 2.17. The first-order valence-electron chi connectivity index (χ1n) is 5.81. The van der Waals surface area contributed by atoms with E-state index in [0.29, 0.717) is 18.7 Å². The van der Waals surface area contributed by atoms with E-state index in [4.69, 9.17) is 0 Å². The molecule has 2 rings (SSSR count). The average molecular weight is 223 g/mol. The normalized spacial score (nSPS) is 22.3. The largest absolute Gasteiger partial charge is 0.392 e. The fourth-order valence-corrected chi connectivity index (χ4v) is 2.25. The van der Waals surface area contributed by atoms with Crippen LogP contribution in [0.5, 0.6) is 0 Å². The van der Waals surface area contributed by atoms with Gasteiger partial charge < -0.3 is 5.11 Å². The lowest BCUT2D eigenvalue weighted by Gasteiger charge is -2.30. The Kier molecular flexibility index (Phi) is 3.56. The van der Waals surface area contributed by atoms with Gasteiger partial charge in [0.05, 0.1) is 6.10 Å². The molecule has 0 radical (unpaired) electrons. The highest BCUT2D eigenvalue weighted by Gasteiger charge is 2.18. The molecule has 1 fully saturated rings. The summed E-state index contributed by atoms with van der Waals surface area (Å²) in [7, 11) is 0. The summed E-state index contributed by atoms with van der Waals surface area (Å²) in [6.07, 6.45) is 1.61. The molecule has 0 bridgehead atoms. The number of likely N-dealkylation sites (tertiary alicyclic amines) is 1. The first kappa shape index (κ1) is 11.6. The zero-order chi connectivity index (χ0) is 11.5. The number of nitrogens with zero attached hydrogens (tertiary/aromatic N) is 1. The number of piperidine rings is 1. The number of aliphatic hydroxyl groups excluding tert-OH is 1. The van der Waals surface area contributed by atoms with Gasteiger partial charge in [-0.2, -0.15) is 0 Å². The number of β-amino-alcohol motifs (C(OH)–C–C–N with tert-alkyl or cyclic N) is 1. The Morgan fingerprint density at radius 1 is 1.50 bits per heavy atom. The van der Waals surface area contributed by atoms with Gasteiger partial charge in [0.15, 0.2) is 0 Å². The van der Waals surface area contributed by atoms with E-state index in [-0.39, 0.29) is 11.9 Å². The third kappa shape index (κ3) is 2.60. The van der Waals surface area contributed by atoms with Crippen LogP contribution in [0.2, 0.25) is 0 Å². The fourth-order valence-electron chi connectivity index (χ4n) is 2.25. The second kappa shape index (κ2) is 4.93. The SMILES string of the molecule is Cc1cccc(CN2CCCC(O)C2)c1F. The first-order valence-corrected chi connectivity index (χ1v) is 5.81. The Labute approximate surface area is 95.7 Å². The van der Waals surface area contributed by atoms with Crippen molar-refractivity contribution in [2.75, 3.05) is 13.1 Å². The van der Waals surface area contributed by atoms with E-state index in [0.717, 1.165) is 24.9 Å². The molecule has 1 aromatic rings. The predicted molar refractivity (Wildman–Crippen MR) is 61.7 cm³/mol. The number of hydrogen-bond donors (Lipinski definition) is 1. The molecule has 88 valence electrons. The zero-order valence-corrected chi connectivity index (χ0v) is 9.62. The minimum atomic E-state index is -0.248. The van der Waals surface area contributed by atoms with Gasteiger partial charge in [-0.15, -0.1) is 0 Å². The summed E-state index contributed by atoms with van der Waals surface area (Å²) in [5.41, 5.74) is 1.42. The maximum Gasteiger partial charge on any atom is 0.130 e. The van der Waals surface area contributed by atoms with Gasteiger partial charge in [0.1, 0.15) is 5.82 Å². The van der Waals surface area contributed by atoms with E-state index in [2.05, 4.69) is 4.90 Å². The minimum absolute atomic E-state index is 0.109.